The third-order valence-electron chi connectivity index (χ3n) is 4.21. The van der Waals surface area contributed by atoms with Gasteiger partial charge in [0.15, 0.2) is 0 Å². The highest BCUT2D eigenvalue weighted by atomic mass is 16.5. The average Bonchev–Trinajstić information content (AvgIpc) is 2.97. The van der Waals surface area contributed by atoms with E-state index in [1.165, 1.54) is 0 Å². The molecule has 0 bridgehead atoms. The van der Waals surface area contributed by atoms with Crippen LogP contribution in [0.1, 0.15) is 28.7 Å². The number of hydrogen-bond donors (Lipinski definition) is 1. The third kappa shape index (κ3) is 3.15. The van der Waals surface area contributed by atoms with E-state index in [1.54, 1.807) is 38.5 Å². The molecule has 2 aromatic heterocycles. The van der Waals surface area contributed by atoms with E-state index in [4.69, 9.17) is 9.47 Å². The summed E-state index contributed by atoms with van der Waals surface area (Å²) >= 11 is 0. The first kappa shape index (κ1) is 16.8. The number of aromatic nitrogens is 2. The van der Waals surface area contributed by atoms with Crippen molar-refractivity contribution in [2.75, 3.05) is 19.5 Å². The maximum atomic E-state index is 12.6. The molecule has 3 rings (SSSR count). The van der Waals surface area contributed by atoms with E-state index in [9.17, 15) is 4.79 Å². The Hall–Kier alpha value is -3.02. The number of ether oxygens (including phenoxy) is 2. The van der Waals surface area contributed by atoms with Crippen LogP contribution in [0.25, 0.3) is 5.65 Å². The number of nitrogens with zero attached hydrogens (tertiary/aromatic N) is 2. The molecule has 1 N–H and O–H groups in total. The van der Waals surface area contributed by atoms with Crippen LogP contribution in [0.4, 0.5) is 5.69 Å². The van der Waals surface area contributed by atoms with Gasteiger partial charge in [-0.3, -0.25) is 4.79 Å². The first-order chi connectivity index (χ1) is 12.1. The molecule has 0 fully saturated rings. The van der Waals surface area contributed by atoms with Crippen LogP contribution in [-0.4, -0.2) is 29.5 Å². The summed E-state index contributed by atoms with van der Waals surface area (Å²) in [6, 6.07) is 8.88. The van der Waals surface area contributed by atoms with Gasteiger partial charge in [0.05, 0.1) is 31.2 Å². The lowest BCUT2D eigenvalue weighted by Gasteiger charge is -2.12. The molecule has 130 valence electrons. The van der Waals surface area contributed by atoms with Crippen LogP contribution in [0, 0.1) is 6.92 Å². The summed E-state index contributed by atoms with van der Waals surface area (Å²) < 4.78 is 12.4. The van der Waals surface area contributed by atoms with Gasteiger partial charge in [0.1, 0.15) is 17.1 Å². The van der Waals surface area contributed by atoms with Crippen molar-refractivity contribution in [1.82, 2.24) is 9.38 Å². The molecule has 1 aromatic carbocycles. The molecule has 0 radical (unpaired) electrons. The number of carbonyl (C=O) groups excluding carboxylic acids is 1. The van der Waals surface area contributed by atoms with Crippen molar-refractivity contribution in [1.29, 1.82) is 0 Å². The second-order valence-electron chi connectivity index (χ2n) is 5.66. The third-order valence-corrected chi connectivity index (χ3v) is 4.21. The smallest absolute Gasteiger partial charge is 0.257 e. The number of aryl methyl sites for hydroxylation is 2. The molecule has 1 amide bonds. The fraction of sp³-hybridized carbons (Fsp3) is 0.263. The lowest BCUT2D eigenvalue weighted by molar-refractivity contribution is 0.102. The number of hydrogen-bond acceptors (Lipinski definition) is 4. The van der Waals surface area contributed by atoms with E-state index in [0.29, 0.717) is 22.7 Å². The molecule has 3 aromatic rings. The van der Waals surface area contributed by atoms with Crippen LogP contribution in [0.2, 0.25) is 0 Å². The SMILES string of the molecule is CCc1nc2ccc(C(=O)Nc3ccc(OC)cc3OC)cn2c1C. The summed E-state index contributed by atoms with van der Waals surface area (Å²) in [6.45, 7) is 4.07. The zero-order chi connectivity index (χ0) is 18.0. The summed E-state index contributed by atoms with van der Waals surface area (Å²) in [7, 11) is 3.14. The van der Waals surface area contributed by atoms with E-state index >= 15 is 0 Å². The van der Waals surface area contributed by atoms with Crippen molar-refractivity contribution in [3.63, 3.8) is 0 Å². The summed E-state index contributed by atoms with van der Waals surface area (Å²) in [6.07, 6.45) is 2.67. The number of methoxy groups -OCH3 is 2. The van der Waals surface area contributed by atoms with Crippen molar-refractivity contribution in [3.05, 3.63) is 53.5 Å². The van der Waals surface area contributed by atoms with Crippen molar-refractivity contribution >= 4 is 17.2 Å². The minimum absolute atomic E-state index is 0.212. The zero-order valence-electron chi connectivity index (χ0n) is 14.8. The van der Waals surface area contributed by atoms with E-state index in [2.05, 4.69) is 17.2 Å². The van der Waals surface area contributed by atoms with Gasteiger partial charge in [0, 0.05) is 18.0 Å². The number of rotatable bonds is 5. The first-order valence-electron chi connectivity index (χ1n) is 8.08. The number of amides is 1. The molecule has 0 aliphatic carbocycles. The zero-order valence-corrected chi connectivity index (χ0v) is 14.8. The van der Waals surface area contributed by atoms with E-state index in [1.807, 2.05) is 23.6 Å². The molecule has 6 nitrogen and oxygen atoms in total. The molecule has 0 saturated heterocycles. The maximum absolute atomic E-state index is 12.6. The monoisotopic (exact) mass is 339 g/mol. The van der Waals surface area contributed by atoms with Gasteiger partial charge >= 0.3 is 0 Å². The molecule has 0 spiro atoms. The number of anilines is 1. The summed E-state index contributed by atoms with van der Waals surface area (Å²) in [4.78, 5) is 17.2. The predicted octanol–water partition coefficient (Wildman–Crippen LogP) is 3.47. The standard InChI is InChI=1S/C19H21N3O3/c1-5-15-12(2)22-11-13(6-9-18(22)20-15)19(23)21-16-8-7-14(24-3)10-17(16)25-4/h6-11H,5H2,1-4H3,(H,21,23). The number of fused-ring (bicyclic) bond motifs is 1. The lowest BCUT2D eigenvalue weighted by Crippen LogP contribution is -2.13. The van der Waals surface area contributed by atoms with Crippen LogP contribution in [0.15, 0.2) is 36.5 Å². The number of nitrogens with one attached hydrogen (secondary N) is 1. The topological polar surface area (TPSA) is 64.9 Å². The van der Waals surface area contributed by atoms with Crippen LogP contribution >= 0.6 is 0 Å². The molecule has 2 heterocycles. The largest absolute Gasteiger partial charge is 0.497 e. The Morgan fingerprint density at radius 1 is 1.20 bits per heavy atom. The van der Waals surface area contributed by atoms with Crippen LogP contribution in [0.5, 0.6) is 11.5 Å². The van der Waals surface area contributed by atoms with Gasteiger partial charge in [-0.05, 0) is 37.6 Å². The minimum Gasteiger partial charge on any atom is -0.497 e. The van der Waals surface area contributed by atoms with Crippen LogP contribution in [0.3, 0.4) is 0 Å². The number of pyridine rings is 1. The first-order valence-corrected chi connectivity index (χ1v) is 8.08. The number of carbonyl (C=O) groups is 1. The summed E-state index contributed by atoms with van der Waals surface area (Å²) in [5.41, 5.74) is 4.06. The highest BCUT2D eigenvalue weighted by Gasteiger charge is 2.13. The molecule has 0 aliphatic rings. The Bertz CT molecular complexity index is 931. The second kappa shape index (κ2) is 6.84. The van der Waals surface area contributed by atoms with E-state index < -0.39 is 0 Å². The molecule has 25 heavy (non-hydrogen) atoms. The molecule has 6 heteroatoms. The van der Waals surface area contributed by atoms with Gasteiger partial charge in [-0.25, -0.2) is 4.98 Å². The number of imidazole rings is 1. The Morgan fingerprint density at radius 3 is 2.68 bits per heavy atom. The Balaban J connectivity index is 1.91. The highest BCUT2D eigenvalue weighted by molar-refractivity contribution is 6.05. The molecule has 0 atom stereocenters. The van der Waals surface area contributed by atoms with Crippen molar-refractivity contribution in [2.45, 2.75) is 20.3 Å². The second-order valence-corrected chi connectivity index (χ2v) is 5.66. The Morgan fingerprint density at radius 2 is 2.00 bits per heavy atom. The van der Waals surface area contributed by atoms with Gasteiger partial charge in [0.25, 0.3) is 5.91 Å². The van der Waals surface area contributed by atoms with E-state index in [0.717, 1.165) is 23.5 Å². The molecule has 0 saturated carbocycles. The molecule has 0 aliphatic heterocycles. The van der Waals surface area contributed by atoms with E-state index in [-0.39, 0.29) is 5.91 Å². The maximum Gasteiger partial charge on any atom is 0.257 e. The van der Waals surface area contributed by atoms with Gasteiger partial charge < -0.3 is 19.2 Å². The van der Waals surface area contributed by atoms with Crippen molar-refractivity contribution in [3.8, 4) is 11.5 Å². The molecular weight excluding hydrogens is 318 g/mol. The van der Waals surface area contributed by atoms with Crippen molar-refractivity contribution < 1.29 is 14.3 Å². The average molecular weight is 339 g/mol. The fourth-order valence-electron chi connectivity index (χ4n) is 2.78. The summed E-state index contributed by atoms with van der Waals surface area (Å²) in [5, 5.41) is 2.88. The summed E-state index contributed by atoms with van der Waals surface area (Å²) in [5.74, 6) is 0.995. The minimum atomic E-state index is -0.212. The van der Waals surface area contributed by atoms with Gasteiger partial charge in [0.2, 0.25) is 0 Å². The Kier molecular flexibility index (Phi) is 4.61. The van der Waals surface area contributed by atoms with Gasteiger partial charge in [-0.1, -0.05) is 6.92 Å². The van der Waals surface area contributed by atoms with Crippen LogP contribution < -0.4 is 14.8 Å². The number of benzene rings is 1. The predicted molar refractivity (Wildman–Crippen MR) is 96.8 cm³/mol. The van der Waals surface area contributed by atoms with Gasteiger partial charge in [-0.2, -0.15) is 0 Å². The lowest BCUT2D eigenvalue weighted by atomic mass is 10.2. The molecular formula is C19H21N3O3. The van der Waals surface area contributed by atoms with Gasteiger partial charge in [-0.15, -0.1) is 0 Å². The fourth-order valence-corrected chi connectivity index (χ4v) is 2.78. The van der Waals surface area contributed by atoms with Crippen molar-refractivity contribution in [2.24, 2.45) is 0 Å². The molecule has 0 unspecified atom stereocenters. The Labute approximate surface area is 146 Å². The normalized spacial score (nSPS) is 10.7. The highest BCUT2D eigenvalue weighted by Crippen LogP contribution is 2.29. The van der Waals surface area contributed by atoms with Crippen LogP contribution in [-0.2, 0) is 6.42 Å². The quantitative estimate of drug-likeness (QED) is 0.773.